The van der Waals surface area contributed by atoms with Gasteiger partial charge in [0.2, 0.25) is 0 Å². The standard InChI is InChI=1S/C13H12FN3O/c1-9-6-12(17-8-16-9)13(18)15-7-10-4-2-3-5-11(10)14/h2-6,8H,7H2,1H3,(H,15,18). The second-order valence-electron chi connectivity index (χ2n) is 3.82. The molecule has 0 saturated carbocycles. The molecule has 92 valence electrons. The van der Waals surface area contributed by atoms with Crippen LogP contribution >= 0.6 is 0 Å². The van der Waals surface area contributed by atoms with E-state index in [1.165, 1.54) is 12.4 Å². The number of nitrogens with one attached hydrogen (secondary N) is 1. The first-order valence-corrected chi connectivity index (χ1v) is 5.47. The molecule has 5 heteroatoms. The van der Waals surface area contributed by atoms with Crippen LogP contribution < -0.4 is 5.32 Å². The SMILES string of the molecule is Cc1cc(C(=O)NCc2ccccc2F)ncn1. The molecule has 0 radical (unpaired) electrons. The van der Waals surface area contributed by atoms with Crippen LogP contribution in [0.3, 0.4) is 0 Å². The maximum atomic E-state index is 13.3. The number of hydrogen-bond acceptors (Lipinski definition) is 3. The molecule has 0 aliphatic carbocycles. The van der Waals surface area contributed by atoms with Crippen molar-refractivity contribution in [2.75, 3.05) is 0 Å². The van der Waals surface area contributed by atoms with Crippen molar-refractivity contribution < 1.29 is 9.18 Å². The first-order valence-electron chi connectivity index (χ1n) is 5.47. The number of rotatable bonds is 3. The first-order chi connectivity index (χ1) is 8.66. The highest BCUT2D eigenvalue weighted by atomic mass is 19.1. The number of hydrogen-bond donors (Lipinski definition) is 1. The Labute approximate surface area is 104 Å². The van der Waals surface area contributed by atoms with Gasteiger partial charge in [-0.25, -0.2) is 14.4 Å². The predicted octanol–water partition coefficient (Wildman–Crippen LogP) is 1.85. The van der Waals surface area contributed by atoms with Gasteiger partial charge in [0.15, 0.2) is 0 Å². The summed E-state index contributed by atoms with van der Waals surface area (Å²) in [4.78, 5) is 19.5. The fourth-order valence-electron chi connectivity index (χ4n) is 1.49. The molecule has 1 aromatic carbocycles. The van der Waals surface area contributed by atoms with Crippen LogP contribution in [0.5, 0.6) is 0 Å². The summed E-state index contributed by atoms with van der Waals surface area (Å²) in [6.07, 6.45) is 1.33. The normalized spacial score (nSPS) is 10.1. The van der Waals surface area contributed by atoms with Gasteiger partial charge in [-0.1, -0.05) is 18.2 Å². The average Bonchev–Trinajstić information content (AvgIpc) is 2.37. The van der Waals surface area contributed by atoms with Crippen LogP contribution in [-0.2, 0) is 6.54 Å². The van der Waals surface area contributed by atoms with Gasteiger partial charge in [-0.2, -0.15) is 0 Å². The van der Waals surface area contributed by atoms with Crippen molar-refractivity contribution in [1.82, 2.24) is 15.3 Å². The summed E-state index contributed by atoms with van der Waals surface area (Å²) in [6, 6.07) is 7.89. The van der Waals surface area contributed by atoms with Crippen molar-refractivity contribution in [3.05, 3.63) is 59.4 Å². The fraction of sp³-hybridized carbons (Fsp3) is 0.154. The van der Waals surface area contributed by atoms with E-state index in [1.54, 1.807) is 31.2 Å². The topological polar surface area (TPSA) is 54.9 Å². The Morgan fingerprint density at radius 3 is 2.83 bits per heavy atom. The Balaban J connectivity index is 2.03. The second kappa shape index (κ2) is 5.35. The van der Waals surface area contributed by atoms with E-state index in [4.69, 9.17) is 0 Å². The molecular weight excluding hydrogens is 233 g/mol. The Kier molecular flexibility index (Phi) is 3.62. The van der Waals surface area contributed by atoms with Gasteiger partial charge in [0, 0.05) is 17.8 Å². The molecule has 1 amide bonds. The van der Waals surface area contributed by atoms with E-state index >= 15 is 0 Å². The Bertz CT molecular complexity index is 572. The van der Waals surface area contributed by atoms with Crippen LogP contribution in [0.15, 0.2) is 36.7 Å². The monoisotopic (exact) mass is 245 g/mol. The van der Waals surface area contributed by atoms with Gasteiger partial charge >= 0.3 is 0 Å². The van der Waals surface area contributed by atoms with Gasteiger partial charge in [-0.15, -0.1) is 0 Å². The lowest BCUT2D eigenvalue weighted by Gasteiger charge is -2.05. The highest BCUT2D eigenvalue weighted by Gasteiger charge is 2.08. The summed E-state index contributed by atoms with van der Waals surface area (Å²) >= 11 is 0. The highest BCUT2D eigenvalue weighted by molar-refractivity contribution is 5.92. The molecule has 0 bridgehead atoms. The molecule has 0 aliphatic rings. The maximum absolute atomic E-state index is 13.3. The van der Waals surface area contributed by atoms with E-state index in [9.17, 15) is 9.18 Å². The van der Waals surface area contributed by atoms with Crippen molar-refractivity contribution >= 4 is 5.91 Å². The molecule has 0 spiro atoms. The van der Waals surface area contributed by atoms with Crippen LogP contribution in [0.4, 0.5) is 4.39 Å². The van der Waals surface area contributed by atoms with E-state index < -0.39 is 0 Å². The Morgan fingerprint density at radius 2 is 2.11 bits per heavy atom. The van der Waals surface area contributed by atoms with E-state index in [1.807, 2.05) is 0 Å². The molecule has 2 aromatic rings. The summed E-state index contributed by atoms with van der Waals surface area (Å²) in [5.41, 5.74) is 1.43. The lowest BCUT2D eigenvalue weighted by molar-refractivity contribution is 0.0945. The molecule has 0 unspecified atom stereocenters. The summed E-state index contributed by atoms with van der Waals surface area (Å²) in [5.74, 6) is -0.680. The van der Waals surface area contributed by atoms with Gasteiger partial charge in [0.25, 0.3) is 5.91 Å². The largest absolute Gasteiger partial charge is 0.347 e. The summed E-state index contributed by atoms with van der Waals surface area (Å²) in [6.45, 7) is 1.91. The lowest BCUT2D eigenvalue weighted by atomic mass is 10.2. The Morgan fingerprint density at radius 1 is 1.33 bits per heavy atom. The van der Waals surface area contributed by atoms with Gasteiger partial charge in [-0.3, -0.25) is 4.79 Å². The van der Waals surface area contributed by atoms with Gasteiger partial charge < -0.3 is 5.32 Å². The molecular formula is C13H12FN3O. The molecule has 0 fully saturated rings. The lowest BCUT2D eigenvalue weighted by Crippen LogP contribution is -2.24. The van der Waals surface area contributed by atoms with Crippen LogP contribution in [-0.4, -0.2) is 15.9 Å². The maximum Gasteiger partial charge on any atom is 0.270 e. The number of carbonyl (C=O) groups is 1. The zero-order valence-corrected chi connectivity index (χ0v) is 9.85. The molecule has 1 aromatic heterocycles. The summed E-state index contributed by atoms with van der Waals surface area (Å²) < 4.78 is 13.3. The van der Waals surface area contributed by atoms with Crippen molar-refractivity contribution in [2.45, 2.75) is 13.5 Å². The van der Waals surface area contributed by atoms with E-state index in [-0.39, 0.29) is 24.0 Å². The van der Waals surface area contributed by atoms with Crippen molar-refractivity contribution in [1.29, 1.82) is 0 Å². The zero-order valence-electron chi connectivity index (χ0n) is 9.85. The number of nitrogens with zero attached hydrogens (tertiary/aromatic N) is 2. The molecule has 2 rings (SSSR count). The van der Waals surface area contributed by atoms with Crippen LogP contribution in [0, 0.1) is 12.7 Å². The predicted molar refractivity (Wildman–Crippen MR) is 64.3 cm³/mol. The van der Waals surface area contributed by atoms with Crippen molar-refractivity contribution in [3.8, 4) is 0 Å². The molecule has 1 heterocycles. The van der Waals surface area contributed by atoms with E-state index in [0.717, 1.165) is 0 Å². The minimum atomic E-state index is -0.344. The second-order valence-corrected chi connectivity index (χ2v) is 3.82. The molecule has 0 aliphatic heterocycles. The number of benzene rings is 1. The molecule has 18 heavy (non-hydrogen) atoms. The highest BCUT2D eigenvalue weighted by Crippen LogP contribution is 2.06. The third-order valence-electron chi connectivity index (χ3n) is 2.43. The molecule has 4 nitrogen and oxygen atoms in total. The quantitative estimate of drug-likeness (QED) is 0.897. The molecule has 0 saturated heterocycles. The van der Waals surface area contributed by atoms with Crippen LogP contribution in [0.25, 0.3) is 0 Å². The van der Waals surface area contributed by atoms with E-state index in [0.29, 0.717) is 11.3 Å². The number of halogens is 1. The number of aryl methyl sites for hydroxylation is 1. The number of aromatic nitrogens is 2. The number of amides is 1. The molecule has 1 N–H and O–H groups in total. The minimum Gasteiger partial charge on any atom is -0.347 e. The van der Waals surface area contributed by atoms with Crippen molar-refractivity contribution in [2.24, 2.45) is 0 Å². The minimum absolute atomic E-state index is 0.133. The smallest absolute Gasteiger partial charge is 0.270 e. The van der Waals surface area contributed by atoms with Gasteiger partial charge in [0.1, 0.15) is 17.8 Å². The van der Waals surface area contributed by atoms with Crippen LogP contribution in [0.2, 0.25) is 0 Å². The van der Waals surface area contributed by atoms with Crippen molar-refractivity contribution in [3.63, 3.8) is 0 Å². The fourth-order valence-corrected chi connectivity index (χ4v) is 1.49. The number of carbonyl (C=O) groups excluding carboxylic acids is 1. The van der Waals surface area contributed by atoms with Gasteiger partial charge in [-0.05, 0) is 19.1 Å². The van der Waals surface area contributed by atoms with Gasteiger partial charge in [0.05, 0.1) is 0 Å². The summed E-state index contributed by atoms with van der Waals surface area (Å²) in [5, 5.41) is 2.61. The Hall–Kier alpha value is -2.30. The molecule has 0 atom stereocenters. The third-order valence-corrected chi connectivity index (χ3v) is 2.43. The first kappa shape index (κ1) is 12.2. The van der Waals surface area contributed by atoms with E-state index in [2.05, 4.69) is 15.3 Å². The summed E-state index contributed by atoms with van der Waals surface area (Å²) in [7, 11) is 0. The van der Waals surface area contributed by atoms with Crippen LogP contribution in [0.1, 0.15) is 21.7 Å². The average molecular weight is 245 g/mol. The third kappa shape index (κ3) is 2.88. The zero-order chi connectivity index (χ0) is 13.0.